The van der Waals surface area contributed by atoms with Gasteiger partial charge in [0, 0.05) is 18.2 Å². The van der Waals surface area contributed by atoms with Gasteiger partial charge in [-0.15, -0.1) is 0 Å². The summed E-state index contributed by atoms with van der Waals surface area (Å²) < 4.78 is 19.8. The summed E-state index contributed by atoms with van der Waals surface area (Å²) in [6.45, 7) is 6.66. The minimum absolute atomic E-state index is 0.190. The van der Waals surface area contributed by atoms with Gasteiger partial charge in [0.2, 0.25) is 0 Å². The first-order valence-corrected chi connectivity index (χ1v) is 6.61. The summed E-state index contributed by atoms with van der Waals surface area (Å²) in [4.78, 5) is 0. The summed E-state index contributed by atoms with van der Waals surface area (Å²) in [5.41, 5.74) is 0.360. The fraction of sp³-hybridized carbons (Fsp3) is 0.600. The van der Waals surface area contributed by atoms with Crippen LogP contribution in [0.25, 0.3) is 0 Å². The maximum Gasteiger partial charge on any atom is 0.129 e. The summed E-state index contributed by atoms with van der Waals surface area (Å²) in [5, 5.41) is 3.41. The summed E-state index contributed by atoms with van der Waals surface area (Å²) in [6, 6.07) is 7.46. The fourth-order valence-electron chi connectivity index (χ4n) is 1.94. The van der Waals surface area contributed by atoms with Gasteiger partial charge in [0.25, 0.3) is 0 Å². The first kappa shape index (κ1) is 13.5. The highest BCUT2D eigenvalue weighted by molar-refractivity contribution is 5.20. The van der Waals surface area contributed by atoms with Crippen LogP contribution in [0.2, 0.25) is 0 Å². The van der Waals surface area contributed by atoms with Crippen LogP contribution in [-0.2, 0) is 4.74 Å². The van der Waals surface area contributed by atoms with Gasteiger partial charge in [-0.1, -0.05) is 18.2 Å². The SMILES string of the molecule is CC(C)(C)OC(CNC1CC1)c1ccccc1F. The molecule has 18 heavy (non-hydrogen) atoms. The van der Waals surface area contributed by atoms with E-state index < -0.39 is 0 Å². The van der Waals surface area contributed by atoms with Crippen molar-refractivity contribution in [2.45, 2.75) is 51.4 Å². The molecule has 0 saturated heterocycles. The lowest BCUT2D eigenvalue weighted by Gasteiger charge is -2.28. The third kappa shape index (κ3) is 4.07. The van der Waals surface area contributed by atoms with E-state index in [2.05, 4.69) is 5.32 Å². The Morgan fingerprint density at radius 3 is 2.56 bits per heavy atom. The molecule has 3 heteroatoms. The first-order chi connectivity index (χ1) is 8.46. The lowest BCUT2D eigenvalue weighted by atomic mass is 10.1. The van der Waals surface area contributed by atoms with Gasteiger partial charge in [-0.05, 0) is 39.7 Å². The van der Waals surface area contributed by atoms with E-state index in [0.717, 1.165) is 0 Å². The Labute approximate surface area is 109 Å². The van der Waals surface area contributed by atoms with E-state index in [-0.39, 0.29) is 17.5 Å². The number of benzene rings is 1. The van der Waals surface area contributed by atoms with Gasteiger partial charge in [0.15, 0.2) is 0 Å². The Kier molecular flexibility index (Phi) is 4.03. The van der Waals surface area contributed by atoms with Crippen LogP contribution < -0.4 is 5.32 Å². The number of ether oxygens (including phenoxy) is 1. The second kappa shape index (κ2) is 5.37. The molecule has 1 aromatic rings. The molecule has 2 rings (SSSR count). The molecule has 1 fully saturated rings. The monoisotopic (exact) mass is 251 g/mol. The van der Waals surface area contributed by atoms with Crippen molar-refractivity contribution in [2.75, 3.05) is 6.54 Å². The number of halogens is 1. The van der Waals surface area contributed by atoms with Gasteiger partial charge < -0.3 is 10.1 Å². The van der Waals surface area contributed by atoms with Crippen LogP contribution in [0.4, 0.5) is 4.39 Å². The van der Waals surface area contributed by atoms with Gasteiger partial charge in [-0.25, -0.2) is 4.39 Å². The van der Waals surface area contributed by atoms with E-state index in [1.54, 1.807) is 12.1 Å². The zero-order valence-corrected chi connectivity index (χ0v) is 11.4. The molecule has 1 unspecified atom stereocenters. The van der Waals surface area contributed by atoms with Crippen molar-refractivity contribution in [1.82, 2.24) is 5.32 Å². The highest BCUT2D eigenvalue weighted by atomic mass is 19.1. The number of rotatable bonds is 5. The van der Waals surface area contributed by atoms with E-state index in [1.165, 1.54) is 18.9 Å². The Morgan fingerprint density at radius 2 is 2.00 bits per heavy atom. The summed E-state index contributed by atoms with van der Waals surface area (Å²) >= 11 is 0. The van der Waals surface area contributed by atoms with E-state index in [9.17, 15) is 4.39 Å². The van der Waals surface area contributed by atoms with E-state index in [4.69, 9.17) is 4.74 Å². The van der Waals surface area contributed by atoms with Crippen LogP contribution in [0.5, 0.6) is 0 Å². The third-order valence-corrected chi connectivity index (χ3v) is 2.92. The molecule has 1 aliphatic carbocycles. The molecule has 1 aliphatic rings. The lowest BCUT2D eigenvalue weighted by molar-refractivity contribution is -0.0620. The molecule has 1 saturated carbocycles. The Balaban J connectivity index is 2.09. The Morgan fingerprint density at radius 1 is 1.33 bits per heavy atom. The van der Waals surface area contributed by atoms with Gasteiger partial charge in [0.05, 0.1) is 11.7 Å². The van der Waals surface area contributed by atoms with Crippen LogP contribution in [0, 0.1) is 5.82 Å². The summed E-state index contributed by atoms with van der Waals surface area (Å²) in [5.74, 6) is -0.190. The number of nitrogens with one attached hydrogen (secondary N) is 1. The quantitative estimate of drug-likeness (QED) is 0.865. The minimum atomic E-state index is -0.280. The fourth-order valence-corrected chi connectivity index (χ4v) is 1.94. The molecule has 0 bridgehead atoms. The standard InChI is InChI=1S/C15H22FNO/c1-15(2,3)18-14(10-17-11-8-9-11)12-6-4-5-7-13(12)16/h4-7,11,14,17H,8-10H2,1-3H3. The molecule has 100 valence electrons. The molecule has 1 aromatic carbocycles. The zero-order valence-electron chi connectivity index (χ0n) is 11.4. The first-order valence-electron chi connectivity index (χ1n) is 6.61. The molecule has 1 atom stereocenters. The highest BCUT2D eigenvalue weighted by Gasteiger charge is 2.26. The van der Waals surface area contributed by atoms with Crippen molar-refractivity contribution in [3.8, 4) is 0 Å². The predicted molar refractivity (Wildman–Crippen MR) is 71.0 cm³/mol. The van der Waals surface area contributed by atoms with E-state index >= 15 is 0 Å². The molecule has 1 N–H and O–H groups in total. The topological polar surface area (TPSA) is 21.3 Å². The maximum absolute atomic E-state index is 13.8. The largest absolute Gasteiger partial charge is 0.367 e. The van der Waals surface area contributed by atoms with E-state index in [1.807, 2.05) is 26.8 Å². The van der Waals surface area contributed by atoms with Crippen molar-refractivity contribution in [1.29, 1.82) is 0 Å². The van der Waals surface area contributed by atoms with Crippen molar-refractivity contribution >= 4 is 0 Å². The molecular weight excluding hydrogens is 229 g/mol. The number of hydrogen-bond acceptors (Lipinski definition) is 2. The normalized spacial score (nSPS) is 17.8. The van der Waals surface area contributed by atoms with E-state index in [0.29, 0.717) is 18.2 Å². The van der Waals surface area contributed by atoms with Crippen LogP contribution in [0.3, 0.4) is 0 Å². The second-order valence-electron chi connectivity index (χ2n) is 5.92. The molecule has 0 radical (unpaired) electrons. The minimum Gasteiger partial charge on any atom is -0.367 e. The molecule has 2 nitrogen and oxygen atoms in total. The predicted octanol–water partition coefficient (Wildman–Crippen LogP) is 3.43. The van der Waals surface area contributed by atoms with Crippen LogP contribution in [0.15, 0.2) is 24.3 Å². The third-order valence-electron chi connectivity index (χ3n) is 2.92. The van der Waals surface area contributed by atoms with Crippen LogP contribution >= 0.6 is 0 Å². The maximum atomic E-state index is 13.8. The molecule has 0 aromatic heterocycles. The number of hydrogen-bond donors (Lipinski definition) is 1. The van der Waals surface area contributed by atoms with Crippen molar-refractivity contribution in [3.05, 3.63) is 35.6 Å². The molecule has 0 aliphatic heterocycles. The van der Waals surface area contributed by atoms with Gasteiger partial charge in [-0.2, -0.15) is 0 Å². The zero-order chi connectivity index (χ0) is 13.2. The average molecular weight is 251 g/mol. The van der Waals surface area contributed by atoms with Crippen LogP contribution in [-0.4, -0.2) is 18.2 Å². The van der Waals surface area contributed by atoms with Gasteiger partial charge >= 0.3 is 0 Å². The molecule has 0 amide bonds. The van der Waals surface area contributed by atoms with Crippen LogP contribution in [0.1, 0.15) is 45.3 Å². The second-order valence-corrected chi connectivity index (χ2v) is 5.92. The lowest BCUT2D eigenvalue weighted by Crippen LogP contribution is -2.31. The van der Waals surface area contributed by atoms with Crippen molar-refractivity contribution in [2.24, 2.45) is 0 Å². The van der Waals surface area contributed by atoms with Gasteiger partial charge in [-0.3, -0.25) is 0 Å². The Hall–Kier alpha value is -0.930. The van der Waals surface area contributed by atoms with Gasteiger partial charge in [0.1, 0.15) is 5.82 Å². The smallest absolute Gasteiger partial charge is 0.129 e. The van der Waals surface area contributed by atoms with Crippen molar-refractivity contribution < 1.29 is 9.13 Å². The molecular formula is C15H22FNO. The molecule has 0 spiro atoms. The Bertz CT molecular complexity index is 396. The van der Waals surface area contributed by atoms with Crippen molar-refractivity contribution in [3.63, 3.8) is 0 Å². The summed E-state index contributed by atoms with van der Waals surface area (Å²) in [6.07, 6.45) is 2.21. The highest BCUT2D eigenvalue weighted by Crippen LogP contribution is 2.27. The molecule has 0 heterocycles. The summed E-state index contributed by atoms with van der Waals surface area (Å²) in [7, 11) is 0. The average Bonchev–Trinajstić information content (AvgIpc) is 3.07.